The zero-order valence-electron chi connectivity index (χ0n) is 16.5. The normalized spacial score (nSPS) is 11.8. The Morgan fingerprint density at radius 3 is 2.39 bits per heavy atom. The van der Waals surface area contributed by atoms with E-state index in [4.69, 9.17) is 4.74 Å². The van der Waals surface area contributed by atoms with Crippen molar-refractivity contribution in [1.82, 2.24) is 4.90 Å². The number of amides is 1. The number of ether oxygens (including phenoxy) is 2. The third-order valence-electron chi connectivity index (χ3n) is 4.01. The van der Waals surface area contributed by atoms with Crippen LogP contribution in [0.15, 0.2) is 47.4 Å². The Bertz CT molecular complexity index is 1020. The van der Waals surface area contributed by atoms with Crippen molar-refractivity contribution in [2.24, 2.45) is 0 Å². The fourth-order valence-corrected chi connectivity index (χ4v) is 3.61. The van der Waals surface area contributed by atoms with Gasteiger partial charge in [-0.05, 0) is 36.9 Å². The maximum Gasteiger partial charge on any atom is 0.387 e. The number of rotatable bonds is 10. The molecule has 0 aliphatic rings. The molecule has 2 rings (SSSR count). The number of benzene rings is 2. The van der Waals surface area contributed by atoms with Crippen LogP contribution >= 0.6 is 0 Å². The SMILES string of the molecule is COc1cc(CN(C)CC(=O)Nc2ccccc2S(=O)(=O)C(F)F)ccc1OC(F)F. The van der Waals surface area contributed by atoms with Crippen LogP contribution in [0.4, 0.5) is 23.2 Å². The summed E-state index contributed by atoms with van der Waals surface area (Å²) in [4.78, 5) is 13.2. The highest BCUT2D eigenvalue weighted by molar-refractivity contribution is 7.91. The number of likely N-dealkylation sites (N-methyl/N-ethyl adjacent to an activating group) is 1. The highest BCUT2D eigenvalue weighted by Crippen LogP contribution is 2.30. The molecule has 0 spiro atoms. The Labute approximate surface area is 176 Å². The van der Waals surface area contributed by atoms with Crippen LogP contribution in [0, 0.1) is 0 Å². The summed E-state index contributed by atoms with van der Waals surface area (Å²) < 4.78 is 83.4. The Morgan fingerprint density at radius 2 is 1.77 bits per heavy atom. The molecule has 0 aromatic heterocycles. The molecule has 0 aliphatic heterocycles. The molecule has 1 N–H and O–H groups in total. The Morgan fingerprint density at radius 1 is 1.10 bits per heavy atom. The van der Waals surface area contributed by atoms with Gasteiger partial charge in [0.25, 0.3) is 0 Å². The molecule has 1 amide bonds. The van der Waals surface area contributed by atoms with Crippen molar-refractivity contribution in [3.05, 3.63) is 48.0 Å². The zero-order chi connectivity index (χ0) is 23.2. The van der Waals surface area contributed by atoms with Crippen molar-refractivity contribution >= 4 is 21.4 Å². The summed E-state index contributed by atoms with van der Waals surface area (Å²) in [5.41, 5.74) is 0.366. The summed E-state index contributed by atoms with van der Waals surface area (Å²) >= 11 is 0. The van der Waals surface area contributed by atoms with Gasteiger partial charge in [-0.1, -0.05) is 18.2 Å². The number of carbonyl (C=O) groups excluding carboxylic acids is 1. The van der Waals surface area contributed by atoms with Crippen LogP contribution in [0.3, 0.4) is 0 Å². The molecule has 2 aromatic carbocycles. The number of halogens is 4. The third kappa shape index (κ3) is 6.56. The van der Waals surface area contributed by atoms with Gasteiger partial charge >= 0.3 is 12.4 Å². The van der Waals surface area contributed by atoms with Crippen LogP contribution in [-0.2, 0) is 21.2 Å². The second kappa shape index (κ2) is 10.4. The van der Waals surface area contributed by atoms with Crippen molar-refractivity contribution in [3.63, 3.8) is 0 Å². The molecule has 0 heterocycles. The third-order valence-corrected chi connectivity index (χ3v) is 5.45. The quantitative estimate of drug-likeness (QED) is 0.543. The van der Waals surface area contributed by atoms with Crippen LogP contribution < -0.4 is 14.8 Å². The number of anilines is 1. The summed E-state index contributed by atoms with van der Waals surface area (Å²) in [6.45, 7) is -3.01. The van der Waals surface area contributed by atoms with Crippen LogP contribution in [0.25, 0.3) is 0 Å². The molecule has 0 radical (unpaired) electrons. The smallest absolute Gasteiger partial charge is 0.387 e. The molecule has 7 nitrogen and oxygen atoms in total. The first kappa shape index (κ1) is 24.4. The molecule has 0 bridgehead atoms. The highest BCUT2D eigenvalue weighted by Gasteiger charge is 2.29. The molecule has 0 fully saturated rings. The van der Waals surface area contributed by atoms with E-state index < -0.39 is 33.0 Å². The summed E-state index contributed by atoms with van der Waals surface area (Å²) in [6, 6.07) is 9.15. The van der Waals surface area contributed by atoms with E-state index in [1.54, 1.807) is 11.9 Å². The molecule has 0 unspecified atom stereocenters. The van der Waals surface area contributed by atoms with Crippen LogP contribution in [0.1, 0.15) is 5.56 Å². The molecular weight excluding hydrogens is 444 g/mol. The number of alkyl halides is 4. The molecule has 0 aliphatic carbocycles. The van der Waals surface area contributed by atoms with Crippen molar-refractivity contribution in [2.75, 3.05) is 26.0 Å². The maximum atomic E-state index is 12.9. The van der Waals surface area contributed by atoms with Crippen molar-refractivity contribution < 1.29 is 40.2 Å². The number of hydrogen-bond donors (Lipinski definition) is 1. The van der Waals surface area contributed by atoms with Crippen LogP contribution in [0.5, 0.6) is 11.5 Å². The van der Waals surface area contributed by atoms with E-state index in [9.17, 15) is 30.8 Å². The van der Waals surface area contributed by atoms with E-state index in [-0.39, 0.29) is 30.3 Å². The Hall–Kier alpha value is -2.86. The van der Waals surface area contributed by atoms with Crippen LogP contribution in [-0.4, -0.2) is 52.3 Å². The van der Waals surface area contributed by atoms with E-state index in [0.717, 1.165) is 6.07 Å². The molecule has 2 aromatic rings. The second-order valence-corrected chi connectivity index (χ2v) is 8.27. The lowest BCUT2D eigenvalue weighted by Gasteiger charge is -2.18. The van der Waals surface area contributed by atoms with Gasteiger partial charge < -0.3 is 14.8 Å². The van der Waals surface area contributed by atoms with Crippen molar-refractivity contribution in [3.8, 4) is 11.5 Å². The van der Waals surface area contributed by atoms with Gasteiger partial charge in [-0.2, -0.15) is 17.6 Å². The van der Waals surface area contributed by atoms with E-state index in [1.807, 2.05) is 0 Å². The molecular formula is C19H20F4N2O5S. The number of sulfone groups is 1. The van der Waals surface area contributed by atoms with Gasteiger partial charge in [-0.15, -0.1) is 0 Å². The van der Waals surface area contributed by atoms with Gasteiger partial charge in [0, 0.05) is 6.54 Å². The number of nitrogens with one attached hydrogen (secondary N) is 1. The van der Waals surface area contributed by atoms with Gasteiger partial charge in [0.1, 0.15) is 0 Å². The molecule has 0 saturated carbocycles. The van der Waals surface area contributed by atoms with E-state index in [1.165, 1.54) is 43.5 Å². The summed E-state index contributed by atoms with van der Waals surface area (Å²) in [5.74, 6) is -4.32. The molecule has 170 valence electrons. The first-order chi connectivity index (χ1) is 14.5. The number of hydrogen-bond acceptors (Lipinski definition) is 6. The largest absolute Gasteiger partial charge is 0.493 e. The standard InChI is InChI=1S/C19H20F4N2O5S/c1-25(10-12-7-8-14(30-18(20)21)15(9-12)29-2)11-17(26)24-13-5-3-4-6-16(13)31(27,28)19(22)23/h3-9,18-19H,10-11H2,1-2H3,(H,24,26). The molecule has 12 heteroatoms. The van der Waals surface area contributed by atoms with Gasteiger partial charge in [0.15, 0.2) is 11.5 Å². The van der Waals surface area contributed by atoms with Gasteiger partial charge in [0.2, 0.25) is 15.7 Å². The second-order valence-electron chi connectivity index (χ2n) is 6.39. The van der Waals surface area contributed by atoms with Crippen molar-refractivity contribution in [2.45, 2.75) is 23.8 Å². The minimum Gasteiger partial charge on any atom is -0.493 e. The predicted molar refractivity (Wildman–Crippen MR) is 104 cm³/mol. The maximum absolute atomic E-state index is 12.9. The minimum absolute atomic E-state index is 0.0850. The summed E-state index contributed by atoms with van der Waals surface area (Å²) in [7, 11) is -2.02. The van der Waals surface area contributed by atoms with Crippen LogP contribution in [0.2, 0.25) is 0 Å². The average Bonchev–Trinajstić information content (AvgIpc) is 2.68. The number of carbonyl (C=O) groups is 1. The molecule has 0 saturated heterocycles. The minimum atomic E-state index is -4.89. The van der Waals surface area contributed by atoms with E-state index >= 15 is 0 Å². The topological polar surface area (TPSA) is 84.9 Å². The highest BCUT2D eigenvalue weighted by atomic mass is 32.2. The Balaban J connectivity index is 2.06. The molecule has 31 heavy (non-hydrogen) atoms. The lowest BCUT2D eigenvalue weighted by molar-refractivity contribution is -0.117. The number of methoxy groups -OCH3 is 1. The summed E-state index contributed by atoms with van der Waals surface area (Å²) in [6.07, 6.45) is 0. The lowest BCUT2D eigenvalue weighted by Crippen LogP contribution is -2.30. The monoisotopic (exact) mass is 464 g/mol. The fourth-order valence-electron chi connectivity index (χ4n) is 2.72. The average molecular weight is 464 g/mol. The van der Waals surface area contributed by atoms with E-state index in [0.29, 0.717) is 5.56 Å². The summed E-state index contributed by atoms with van der Waals surface area (Å²) in [5, 5.41) is 2.32. The first-order valence-electron chi connectivity index (χ1n) is 8.75. The van der Waals surface area contributed by atoms with Crippen molar-refractivity contribution in [1.29, 1.82) is 0 Å². The Kier molecular flexibility index (Phi) is 8.22. The van der Waals surface area contributed by atoms with Gasteiger partial charge in [-0.25, -0.2) is 8.42 Å². The fraction of sp³-hybridized carbons (Fsp3) is 0.316. The van der Waals surface area contributed by atoms with E-state index in [2.05, 4.69) is 10.1 Å². The van der Waals surface area contributed by atoms with Gasteiger partial charge in [-0.3, -0.25) is 9.69 Å². The lowest BCUT2D eigenvalue weighted by atomic mass is 10.2. The zero-order valence-corrected chi connectivity index (χ0v) is 17.3. The predicted octanol–water partition coefficient (Wildman–Crippen LogP) is 3.36. The first-order valence-corrected chi connectivity index (χ1v) is 10.3. The number of para-hydroxylation sites is 1. The molecule has 0 atom stereocenters. The van der Waals surface area contributed by atoms with Gasteiger partial charge in [0.05, 0.1) is 24.2 Å². The number of nitrogens with zero attached hydrogens (tertiary/aromatic N) is 1.